The Hall–Kier alpha value is -2.62. The first kappa shape index (κ1) is 13.8. The fourth-order valence-corrected chi connectivity index (χ4v) is 2.12. The van der Waals surface area contributed by atoms with Crippen LogP contribution in [0.3, 0.4) is 0 Å². The van der Waals surface area contributed by atoms with Crippen molar-refractivity contribution >= 4 is 11.6 Å². The molecule has 0 heterocycles. The Morgan fingerprint density at radius 2 is 1.65 bits per heavy atom. The van der Waals surface area contributed by atoms with Crippen molar-refractivity contribution in [3.8, 4) is 11.1 Å². The Balaban J connectivity index is 2.65. The molecule has 0 saturated carbocycles. The third-order valence-corrected chi connectivity index (χ3v) is 3.03. The number of rotatable bonds is 4. The summed E-state index contributed by atoms with van der Waals surface area (Å²) in [6, 6.07) is 15.4. The zero-order valence-electron chi connectivity index (χ0n) is 11.5. The van der Waals surface area contributed by atoms with E-state index in [9.17, 15) is 4.79 Å². The van der Waals surface area contributed by atoms with Crippen molar-refractivity contribution in [3.63, 3.8) is 0 Å². The van der Waals surface area contributed by atoms with Crippen LogP contribution in [0.5, 0.6) is 0 Å². The molecule has 2 aromatic rings. The van der Waals surface area contributed by atoms with Gasteiger partial charge in [-0.2, -0.15) is 0 Å². The number of benzene rings is 2. The molecule has 1 amide bonds. The fraction of sp³-hybridized carbons (Fsp3) is 0.125. The molecule has 102 valence electrons. The van der Waals surface area contributed by atoms with Gasteiger partial charge in [0.25, 0.3) is 5.91 Å². The lowest BCUT2D eigenvalue weighted by molar-refractivity contribution is -0.112. The number of oxime groups is 1. The standard InChI is InChI=1S/C16H16N2O2/c1-11-7-3-4-8-12(11)13-9-5-6-10-14(13)15(16(17)19)18-20-2/h3-10H,1-2H3,(H2,17,19). The van der Waals surface area contributed by atoms with Crippen LogP contribution >= 0.6 is 0 Å². The van der Waals surface area contributed by atoms with Crippen molar-refractivity contribution in [1.29, 1.82) is 0 Å². The SMILES string of the molecule is CON=C(C(N)=O)c1ccccc1-c1ccccc1C. The van der Waals surface area contributed by atoms with E-state index in [1.165, 1.54) is 7.11 Å². The van der Waals surface area contributed by atoms with Crippen molar-refractivity contribution in [2.75, 3.05) is 7.11 Å². The quantitative estimate of drug-likeness (QED) is 0.684. The predicted molar refractivity (Wildman–Crippen MR) is 79.4 cm³/mol. The average Bonchev–Trinajstić information content (AvgIpc) is 2.45. The Morgan fingerprint density at radius 1 is 1.05 bits per heavy atom. The van der Waals surface area contributed by atoms with Crippen LogP contribution in [-0.4, -0.2) is 18.7 Å². The van der Waals surface area contributed by atoms with Gasteiger partial charge in [0.2, 0.25) is 0 Å². The minimum Gasteiger partial charge on any atom is -0.398 e. The summed E-state index contributed by atoms with van der Waals surface area (Å²) in [5.41, 5.74) is 9.22. The highest BCUT2D eigenvalue weighted by Gasteiger charge is 2.17. The minimum atomic E-state index is -0.618. The van der Waals surface area contributed by atoms with Gasteiger partial charge in [-0.05, 0) is 23.6 Å². The molecule has 0 fully saturated rings. The maximum absolute atomic E-state index is 11.6. The molecule has 4 nitrogen and oxygen atoms in total. The molecule has 2 aromatic carbocycles. The molecular weight excluding hydrogens is 252 g/mol. The van der Waals surface area contributed by atoms with Gasteiger partial charge in [0.1, 0.15) is 7.11 Å². The van der Waals surface area contributed by atoms with Crippen LogP contribution in [0.4, 0.5) is 0 Å². The molecule has 20 heavy (non-hydrogen) atoms. The molecule has 0 aliphatic rings. The van der Waals surface area contributed by atoms with E-state index >= 15 is 0 Å². The number of nitrogens with two attached hydrogens (primary N) is 1. The summed E-state index contributed by atoms with van der Waals surface area (Å²) >= 11 is 0. The molecule has 0 bridgehead atoms. The van der Waals surface area contributed by atoms with Gasteiger partial charge in [-0.1, -0.05) is 53.7 Å². The third-order valence-electron chi connectivity index (χ3n) is 3.03. The lowest BCUT2D eigenvalue weighted by atomic mass is 9.93. The van der Waals surface area contributed by atoms with E-state index in [-0.39, 0.29) is 5.71 Å². The molecule has 2 N–H and O–H groups in total. The number of carbonyl (C=O) groups excluding carboxylic acids is 1. The normalized spacial score (nSPS) is 11.2. The molecule has 0 saturated heterocycles. The first-order chi connectivity index (χ1) is 9.65. The topological polar surface area (TPSA) is 64.7 Å². The van der Waals surface area contributed by atoms with E-state index in [0.717, 1.165) is 16.7 Å². The lowest BCUT2D eigenvalue weighted by Gasteiger charge is -2.11. The van der Waals surface area contributed by atoms with Crippen LogP contribution in [-0.2, 0) is 9.63 Å². The molecular formula is C16H16N2O2. The van der Waals surface area contributed by atoms with E-state index in [0.29, 0.717) is 5.56 Å². The zero-order valence-corrected chi connectivity index (χ0v) is 11.5. The Bertz CT molecular complexity index is 663. The largest absolute Gasteiger partial charge is 0.398 e. The number of hydrogen-bond acceptors (Lipinski definition) is 3. The number of amides is 1. The monoisotopic (exact) mass is 268 g/mol. The van der Waals surface area contributed by atoms with Crippen molar-refractivity contribution in [3.05, 3.63) is 59.7 Å². The first-order valence-corrected chi connectivity index (χ1v) is 6.21. The highest BCUT2D eigenvalue weighted by atomic mass is 16.6. The first-order valence-electron chi connectivity index (χ1n) is 6.21. The van der Waals surface area contributed by atoms with Gasteiger partial charge in [0.05, 0.1) is 0 Å². The predicted octanol–water partition coefficient (Wildman–Crippen LogP) is 2.50. The minimum absolute atomic E-state index is 0.117. The second-order valence-corrected chi connectivity index (χ2v) is 4.35. The van der Waals surface area contributed by atoms with Crippen molar-refractivity contribution in [2.24, 2.45) is 10.9 Å². The van der Waals surface area contributed by atoms with Crippen LogP contribution < -0.4 is 5.73 Å². The summed E-state index contributed by atoms with van der Waals surface area (Å²) in [7, 11) is 1.39. The summed E-state index contributed by atoms with van der Waals surface area (Å²) in [6.07, 6.45) is 0. The summed E-state index contributed by atoms with van der Waals surface area (Å²) in [5, 5.41) is 3.75. The van der Waals surface area contributed by atoms with Gasteiger partial charge in [-0.15, -0.1) is 0 Å². The third kappa shape index (κ3) is 2.69. The van der Waals surface area contributed by atoms with E-state index in [1.807, 2.05) is 55.5 Å². The van der Waals surface area contributed by atoms with Crippen LogP contribution in [0.2, 0.25) is 0 Å². The maximum Gasteiger partial charge on any atom is 0.271 e. The highest BCUT2D eigenvalue weighted by molar-refractivity contribution is 6.45. The molecule has 0 radical (unpaired) electrons. The number of aryl methyl sites for hydroxylation is 1. The van der Waals surface area contributed by atoms with Crippen molar-refractivity contribution in [1.82, 2.24) is 0 Å². The van der Waals surface area contributed by atoms with Crippen molar-refractivity contribution in [2.45, 2.75) is 6.92 Å². The van der Waals surface area contributed by atoms with Crippen LogP contribution in [0, 0.1) is 6.92 Å². The van der Waals surface area contributed by atoms with E-state index < -0.39 is 5.91 Å². The smallest absolute Gasteiger partial charge is 0.271 e. The van der Waals surface area contributed by atoms with E-state index in [4.69, 9.17) is 10.6 Å². The second-order valence-electron chi connectivity index (χ2n) is 4.35. The van der Waals surface area contributed by atoms with Crippen LogP contribution in [0.25, 0.3) is 11.1 Å². The molecule has 4 heteroatoms. The molecule has 2 rings (SSSR count). The maximum atomic E-state index is 11.6. The van der Waals surface area contributed by atoms with Gasteiger partial charge in [0, 0.05) is 5.56 Å². The number of nitrogens with zero attached hydrogens (tertiary/aromatic N) is 1. The summed E-state index contributed by atoms with van der Waals surface area (Å²) in [5.74, 6) is -0.618. The molecule has 0 aromatic heterocycles. The van der Waals surface area contributed by atoms with Crippen LogP contribution in [0.15, 0.2) is 53.7 Å². The highest BCUT2D eigenvalue weighted by Crippen LogP contribution is 2.27. The summed E-state index contributed by atoms with van der Waals surface area (Å²) in [4.78, 5) is 16.3. The van der Waals surface area contributed by atoms with Crippen LogP contribution in [0.1, 0.15) is 11.1 Å². The second kappa shape index (κ2) is 6.02. The van der Waals surface area contributed by atoms with E-state index in [2.05, 4.69) is 5.16 Å². The lowest BCUT2D eigenvalue weighted by Crippen LogP contribution is -2.25. The van der Waals surface area contributed by atoms with Gasteiger partial charge >= 0.3 is 0 Å². The number of primary amides is 1. The van der Waals surface area contributed by atoms with Gasteiger partial charge in [0.15, 0.2) is 5.71 Å². The van der Waals surface area contributed by atoms with Gasteiger partial charge < -0.3 is 10.6 Å². The summed E-state index contributed by atoms with van der Waals surface area (Å²) < 4.78 is 0. The Labute approximate surface area is 117 Å². The van der Waals surface area contributed by atoms with Crippen molar-refractivity contribution < 1.29 is 9.63 Å². The van der Waals surface area contributed by atoms with Gasteiger partial charge in [-0.25, -0.2) is 0 Å². The Morgan fingerprint density at radius 3 is 2.25 bits per heavy atom. The van der Waals surface area contributed by atoms with Gasteiger partial charge in [-0.3, -0.25) is 4.79 Å². The molecule has 0 aliphatic carbocycles. The number of hydrogen-bond donors (Lipinski definition) is 1. The van der Waals surface area contributed by atoms with E-state index in [1.54, 1.807) is 0 Å². The average molecular weight is 268 g/mol. The zero-order chi connectivity index (χ0) is 14.5. The number of carbonyl (C=O) groups is 1. The molecule has 0 aliphatic heterocycles. The summed E-state index contributed by atoms with van der Waals surface area (Å²) in [6.45, 7) is 2.02. The molecule has 0 atom stereocenters. The Kier molecular flexibility index (Phi) is 4.15. The molecule has 0 unspecified atom stereocenters. The fourth-order valence-electron chi connectivity index (χ4n) is 2.12. The molecule has 0 spiro atoms.